The van der Waals surface area contributed by atoms with Crippen LogP contribution in [0.3, 0.4) is 0 Å². The number of nitriles is 1. The van der Waals surface area contributed by atoms with Gasteiger partial charge in [0, 0.05) is 12.7 Å². The first-order valence-electron chi connectivity index (χ1n) is 6.25. The Labute approximate surface area is 111 Å². The summed E-state index contributed by atoms with van der Waals surface area (Å²) in [7, 11) is 0. The monoisotopic (exact) mass is 259 g/mol. The molecule has 0 saturated carbocycles. The smallest absolute Gasteiger partial charge is 0.146 e. The van der Waals surface area contributed by atoms with E-state index >= 15 is 0 Å². The third-order valence-corrected chi connectivity index (χ3v) is 4.21. The molecule has 4 heteroatoms. The SMILES string of the molecule is N#Cc1cc(C2=C[C@H]3CNCC[C@H]3C2)cnc1Cl. The molecule has 92 valence electrons. The molecule has 0 bridgehead atoms. The highest BCUT2D eigenvalue weighted by Gasteiger charge is 2.30. The first-order chi connectivity index (χ1) is 8.78. The molecule has 2 heterocycles. The van der Waals surface area contributed by atoms with E-state index < -0.39 is 0 Å². The van der Waals surface area contributed by atoms with Crippen LogP contribution >= 0.6 is 11.6 Å². The zero-order valence-corrected chi connectivity index (χ0v) is 10.7. The summed E-state index contributed by atoms with van der Waals surface area (Å²) in [6.07, 6.45) is 6.44. The second-order valence-electron chi connectivity index (χ2n) is 4.99. The van der Waals surface area contributed by atoms with Crippen LogP contribution in [-0.4, -0.2) is 18.1 Å². The van der Waals surface area contributed by atoms with Gasteiger partial charge in [0.15, 0.2) is 0 Å². The number of hydrogen-bond donors (Lipinski definition) is 1. The molecule has 1 aliphatic carbocycles. The van der Waals surface area contributed by atoms with Gasteiger partial charge in [0.25, 0.3) is 0 Å². The van der Waals surface area contributed by atoms with Gasteiger partial charge in [-0.3, -0.25) is 0 Å². The average molecular weight is 260 g/mol. The highest BCUT2D eigenvalue weighted by molar-refractivity contribution is 6.30. The fourth-order valence-electron chi connectivity index (χ4n) is 2.91. The fraction of sp³-hybridized carbons (Fsp3) is 0.429. The Morgan fingerprint density at radius 3 is 3.17 bits per heavy atom. The van der Waals surface area contributed by atoms with E-state index in [0.717, 1.165) is 31.0 Å². The number of piperidine rings is 1. The lowest BCUT2D eigenvalue weighted by atomic mass is 9.89. The van der Waals surface area contributed by atoms with Crippen LogP contribution < -0.4 is 5.32 Å². The van der Waals surface area contributed by atoms with Gasteiger partial charge < -0.3 is 5.32 Å². The number of nitrogens with one attached hydrogen (secondary N) is 1. The first-order valence-corrected chi connectivity index (χ1v) is 6.63. The van der Waals surface area contributed by atoms with Gasteiger partial charge >= 0.3 is 0 Å². The minimum atomic E-state index is 0.291. The standard InChI is InChI=1S/C14H14ClN3/c15-14-11(6-16)5-13(8-18-14)10-3-9-1-2-17-7-12(9)4-10/h4-5,8-9,12,17H,1-3,7H2/t9-,12-/m0/s1. The quantitative estimate of drug-likeness (QED) is 0.789. The number of pyridine rings is 1. The Kier molecular flexibility index (Phi) is 3.07. The van der Waals surface area contributed by atoms with E-state index in [4.69, 9.17) is 16.9 Å². The molecule has 1 aromatic rings. The van der Waals surface area contributed by atoms with Gasteiger partial charge in [-0.15, -0.1) is 0 Å². The molecule has 0 aromatic carbocycles. The van der Waals surface area contributed by atoms with Gasteiger partial charge in [0.1, 0.15) is 11.2 Å². The predicted molar refractivity (Wildman–Crippen MR) is 71.0 cm³/mol. The molecule has 1 aliphatic heterocycles. The predicted octanol–water partition coefficient (Wildman–Crippen LogP) is 2.62. The van der Waals surface area contributed by atoms with Crippen molar-refractivity contribution in [3.05, 3.63) is 34.6 Å². The molecule has 3 nitrogen and oxygen atoms in total. The van der Waals surface area contributed by atoms with Crippen LogP contribution in [0.25, 0.3) is 5.57 Å². The Morgan fingerprint density at radius 1 is 1.50 bits per heavy atom. The van der Waals surface area contributed by atoms with Crippen molar-refractivity contribution in [1.29, 1.82) is 5.26 Å². The van der Waals surface area contributed by atoms with E-state index in [1.807, 2.05) is 6.07 Å². The molecule has 0 unspecified atom stereocenters. The molecule has 1 N–H and O–H groups in total. The molecule has 1 aromatic heterocycles. The van der Waals surface area contributed by atoms with E-state index in [0.29, 0.717) is 16.6 Å². The lowest BCUT2D eigenvalue weighted by molar-refractivity contribution is 0.323. The molecule has 2 atom stereocenters. The van der Waals surface area contributed by atoms with E-state index in [9.17, 15) is 0 Å². The van der Waals surface area contributed by atoms with Crippen molar-refractivity contribution in [3.8, 4) is 6.07 Å². The van der Waals surface area contributed by atoms with E-state index in [2.05, 4.69) is 22.4 Å². The number of nitrogens with zero attached hydrogens (tertiary/aromatic N) is 2. The molecule has 3 rings (SSSR count). The van der Waals surface area contributed by atoms with Crippen molar-refractivity contribution in [1.82, 2.24) is 10.3 Å². The van der Waals surface area contributed by atoms with Crippen molar-refractivity contribution < 1.29 is 0 Å². The maximum Gasteiger partial charge on any atom is 0.146 e. The van der Waals surface area contributed by atoms with Gasteiger partial charge in [-0.1, -0.05) is 17.7 Å². The van der Waals surface area contributed by atoms with Crippen LogP contribution in [0.15, 0.2) is 18.3 Å². The first kappa shape index (κ1) is 11.7. The lowest BCUT2D eigenvalue weighted by Gasteiger charge is -2.25. The summed E-state index contributed by atoms with van der Waals surface area (Å²) >= 11 is 5.86. The van der Waals surface area contributed by atoms with Gasteiger partial charge in [-0.05, 0) is 48.4 Å². The summed E-state index contributed by atoms with van der Waals surface area (Å²) in [5.41, 5.74) is 2.82. The van der Waals surface area contributed by atoms with Gasteiger partial charge in [-0.25, -0.2) is 4.98 Å². The zero-order valence-electron chi connectivity index (χ0n) is 9.99. The van der Waals surface area contributed by atoms with Crippen molar-refractivity contribution in [2.45, 2.75) is 12.8 Å². The number of rotatable bonds is 1. The van der Waals surface area contributed by atoms with Gasteiger partial charge in [-0.2, -0.15) is 5.26 Å². The number of halogens is 1. The van der Waals surface area contributed by atoms with E-state index in [1.54, 1.807) is 6.20 Å². The summed E-state index contributed by atoms with van der Waals surface area (Å²) in [6.45, 7) is 2.19. The Hall–Kier alpha value is -1.37. The molecular weight excluding hydrogens is 246 g/mol. The number of allylic oxidation sites excluding steroid dienone is 1. The average Bonchev–Trinajstić information content (AvgIpc) is 2.83. The summed E-state index contributed by atoms with van der Waals surface area (Å²) < 4.78 is 0. The summed E-state index contributed by atoms with van der Waals surface area (Å²) in [5.74, 6) is 1.39. The Balaban J connectivity index is 1.90. The molecule has 1 saturated heterocycles. The topological polar surface area (TPSA) is 48.7 Å². The van der Waals surface area contributed by atoms with E-state index in [-0.39, 0.29) is 0 Å². The van der Waals surface area contributed by atoms with Crippen LogP contribution in [0.5, 0.6) is 0 Å². The minimum Gasteiger partial charge on any atom is -0.316 e. The largest absolute Gasteiger partial charge is 0.316 e. The highest BCUT2D eigenvalue weighted by Crippen LogP contribution is 2.39. The van der Waals surface area contributed by atoms with Crippen LogP contribution in [0, 0.1) is 23.2 Å². The molecule has 0 radical (unpaired) electrons. The molecular formula is C14H14ClN3. The van der Waals surface area contributed by atoms with Gasteiger partial charge in [0.2, 0.25) is 0 Å². The minimum absolute atomic E-state index is 0.291. The molecule has 0 spiro atoms. The molecule has 0 amide bonds. The summed E-state index contributed by atoms with van der Waals surface area (Å²) in [6, 6.07) is 3.94. The maximum absolute atomic E-state index is 8.99. The van der Waals surface area contributed by atoms with Crippen LogP contribution in [0.1, 0.15) is 24.0 Å². The van der Waals surface area contributed by atoms with E-state index in [1.165, 1.54) is 12.0 Å². The fourth-order valence-corrected chi connectivity index (χ4v) is 3.06. The second kappa shape index (κ2) is 4.72. The lowest BCUT2D eigenvalue weighted by Crippen LogP contribution is -2.33. The van der Waals surface area contributed by atoms with Gasteiger partial charge in [0.05, 0.1) is 5.56 Å². The number of fused-ring (bicyclic) bond motifs is 1. The van der Waals surface area contributed by atoms with Crippen molar-refractivity contribution in [2.75, 3.05) is 13.1 Å². The van der Waals surface area contributed by atoms with Crippen LogP contribution in [0.4, 0.5) is 0 Å². The zero-order chi connectivity index (χ0) is 12.5. The van der Waals surface area contributed by atoms with Crippen molar-refractivity contribution in [3.63, 3.8) is 0 Å². The Morgan fingerprint density at radius 2 is 2.39 bits per heavy atom. The normalized spacial score (nSPS) is 26.3. The van der Waals surface area contributed by atoms with Crippen molar-refractivity contribution >= 4 is 17.2 Å². The number of hydrogen-bond acceptors (Lipinski definition) is 3. The molecule has 1 fully saturated rings. The summed E-state index contributed by atoms with van der Waals surface area (Å²) in [4.78, 5) is 4.10. The van der Waals surface area contributed by atoms with Crippen LogP contribution in [-0.2, 0) is 0 Å². The number of aromatic nitrogens is 1. The maximum atomic E-state index is 8.99. The third kappa shape index (κ3) is 2.03. The molecule has 18 heavy (non-hydrogen) atoms. The third-order valence-electron chi connectivity index (χ3n) is 3.91. The second-order valence-corrected chi connectivity index (χ2v) is 5.34. The van der Waals surface area contributed by atoms with Crippen molar-refractivity contribution in [2.24, 2.45) is 11.8 Å². The molecule has 2 aliphatic rings. The summed E-state index contributed by atoms with van der Waals surface area (Å²) in [5, 5.41) is 12.7. The highest BCUT2D eigenvalue weighted by atomic mass is 35.5. The van der Waals surface area contributed by atoms with Crippen LogP contribution in [0.2, 0.25) is 5.15 Å². The Bertz CT molecular complexity index is 544.